The molecule has 0 spiro atoms. The molecule has 3 N–H and O–H groups in total. The number of nitriles is 1. The quantitative estimate of drug-likeness (QED) is 0.812. The van der Waals surface area contributed by atoms with E-state index in [2.05, 4.69) is 15.3 Å². The van der Waals surface area contributed by atoms with Gasteiger partial charge in [-0.1, -0.05) is 0 Å². The summed E-state index contributed by atoms with van der Waals surface area (Å²) >= 11 is 0. The van der Waals surface area contributed by atoms with Crippen molar-refractivity contribution in [1.82, 2.24) is 9.97 Å². The van der Waals surface area contributed by atoms with Gasteiger partial charge in [0.2, 0.25) is 5.91 Å². The Balaban J connectivity index is 2.01. The maximum Gasteiger partial charge on any atom is 0.224 e. The third-order valence-corrected chi connectivity index (χ3v) is 3.20. The number of nitrogens with one attached hydrogen (secondary N) is 1. The van der Waals surface area contributed by atoms with Crippen LogP contribution >= 0.6 is 0 Å². The minimum atomic E-state index is 0.0316. The summed E-state index contributed by atoms with van der Waals surface area (Å²) in [5.74, 6) is 0.675. The van der Waals surface area contributed by atoms with Gasteiger partial charge in [-0.15, -0.1) is 0 Å². The zero-order chi connectivity index (χ0) is 14.1. The van der Waals surface area contributed by atoms with Crippen molar-refractivity contribution >= 4 is 17.4 Å². The maximum atomic E-state index is 11.3. The number of carbonyl (C=O) groups excluding carboxylic acids is 1. The van der Waals surface area contributed by atoms with Gasteiger partial charge >= 0.3 is 0 Å². The van der Waals surface area contributed by atoms with Crippen LogP contribution in [0.3, 0.4) is 0 Å². The molecule has 3 rings (SSSR count). The molecule has 0 atom stereocenters. The highest BCUT2D eigenvalue weighted by Crippen LogP contribution is 2.27. The molecule has 1 aromatic heterocycles. The molecular formula is C14H11N5O. The lowest BCUT2D eigenvalue weighted by Crippen LogP contribution is -2.18. The first kappa shape index (κ1) is 12.1. The van der Waals surface area contributed by atoms with Crippen LogP contribution in [0.1, 0.15) is 17.5 Å². The van der Waals surface area contributed by atoms with E-state index in [-0.39, 0.29) is 17.3 Å². The van der Waals surface area contributed by atoms with Gasteiger partial charge in [-0.3, -0.25) is 4.79 Å². The third kappa shape index (κ3) is 2.06. The number of aryl methyl sites for hydroxylation is 1. The van der Waals surface area contributed by atoms with Gasteiger partial charge in [0, 0.05) is 17.7 Å². The highest BCUT2D eigenvalue weighted by atomic mass is 16.1. The zero-order valence-electron chi connectivity index (χ0n) is 10.6. The Bertz CT molecular complexity index is 748. The number of aromatic nitrogens is 2. The largest absolute Gasteiger partial charge is 0.382 e. The highest BCUT2D eigenvalue weighted by Gasteiger charge is 2.16. The number of nitrogens with zero attached hydrogens (tertiary/aromatic N) is 3. The lowest BCUT2D eigenvalue weighted by molar-refractivity contribution is -0.116. The minimum Gasteiger partial charge on any atom is -0.382 e. The minimum absolute atomic E-state index is 0.0316. The molecule has 2 heterocycles. The topological polar surface area (TPSA) is 105 Å². The monoisotopic (exact) mass is 265 g/mol. The second-order valence-electron chi connectivity index (χ2n) is 4.52. The summed E-state index contributed by atoms with van der Waals surface area (Å²) in [6.45, 7) is 0. The number of benzene rings is 1. The van der Waals surface area contributed by atoms with Crippen LogP contribution in [-0.2, 0) is 11.2 Å². The van der Waals surface area contributed by atoms with E-state index >= 15 is 0 Å². The van der Waals surface area contributed by atoms with Crippen LogP contribution in [0.4, 0.5) is 11.5 Å². The number of hydrogen-bond donors (Lipinski definition) is 2. The van der Waals surface area contributed by atoms with Crippen molar-refractivity contribution in [2.75, 3.05) is 11.1 Å². The lowest BCUT2D eigenvalue weighted by Gasteiger charge is -2.17. The van der Waals surface area contributed by atoms with Gasteiger partial charge in [0.05, 0.1) is 6.20 Å². The SMILES string of the molecule is N#Cc1cnc(-c2ccc3c(c2)CCC(=O)N3)nc1N. The van der Waals surface area contributed by atoms with E-state index in [4.69, 9.17) is 11.0 Å². The van der Waals surface area contributed by atoms with Crippen molar-refractivity contribution in [3.8, 4) is 17.5 Å². The summed E-state index contributed by atoms with van der Waals surface area (Å²) < 4.78 is 0. The Morgan fingerprint density at radius 2 is 2.20 bits per heavy atom. The fourth-order valence-corrected chi connectivity index (χ4v) is 2.14. The molecule has 6 nitrogen and oxygen atoms in total. The van der Waals surface area contributed by atoms with Crippen LogP contribution in [0.5, 0.6) is 0 Å². The second kappa shape index (κ2) is 4.63. The molecule has 1 aromatic carbocycles. The normalized spacial score (nSPS) is 13.2. The molecule has 0 unspecified atom stereocenters. The van der Waals surface area contributed by atoms with Crippen molar-refractivity contribution in [2.45, 2.75) is 12.8 Å². The standard InChI is InChI=1S/C14H11N5O/c15-6-10-7-17-14(19-13(10)16)9-1-3-11-8(5-9)2-4-12(20)18-11/h1,3,5,7H,2,4H2,(H,18,20)(H2,16,17,19). The lowest BCUT2D eigenvalue weighted by atomic mass is 10.00. The summed E-state index contributed by atoms with van der Waals surface area (Å²) in [7, 11) is 0. The van der Waals surface area contributed by atoms with Gasteiger partial charge in [0.15, 0.2) is 5.82 Å². The molecule has 0 aliphatic carbocycles. The van der Waals surface area contributed by atoms with E-state index in [1.54, 1.807) is 0 Å². The molecule has 20 heavy (non-hydrogen) atoms. The second-order valence-corrected chi connectivity index (χ2v) is 4.52. The van der Waals surface area contributed by atoms with Crippen LogP contribution < -0.4 is 11.1 Å². The molecule has 6 heteroatoms. The summed E-state index contributed by atoms with van der Waals surface area (Å²) in [5, 5.41) is 11.6. The Hall–Kier alpha value is -2.94. The number of amides is 1. The average Bonchev–Trinajstić information content (AvgIpc) is 2.46. The molecule has 0 saturated heterocycles. The number of nitrogen functional groups attached to an aromatic ring is 1. The average molecular weight is 265 g/mol. The fourth-order valence-electron chi connectivity index (χ4n) is 2.14. The van der Waals surface area contributed by atoms with Gasteiger partial charge < -0.3 is 11.1 Å². The van der Waals surface area contributed by atoms with E-state index in [0.717, 1.165) is 16.8 Å². The van der Waals surface area contributed by atoms with Crippen LogP contribution in [0.25, 0.3) is 11.4 Å². The molecule has 0 bridgehead atoms. The van der Waals surface area contributed by atoms with Gasteiger partial charge in [0.25, 0.3) is 0 Å². The third-order valence-electron chi connectivity index (χ3n) is 3.20. The number of hydrogen-bond acceptors (Lipinski definition) is 5. The molecule has 0 saturated carbocycles. The van der Waals surface area contributed by atoms with Crippen LogP contribution in [0.15, 0.2) is 24.4 Å². The number of fused-ring (bicyclic) bond motifs is 1. The number of carbonyl (C=O) groups is 1. The van der Waals surface area contributed by atoms with Gasteiger partial charge in [-0.25, -0.2) is 9.97 Å². The van der Waals surface area contributed by atoms with E-state index < -0.39 is 0 Å². The van der Waals surface area contributed by atoms with Crippen molar-refractivity contribution in [1.29, 1.82) is 5.26 Å². The molecule has 0 fully saturated rings. The summed E-state index contributed by atoms with van der Waals surface area (Å²) in [6, 6.07) is 7.53. The smallest absolute Gasteiger partial charge is 0.224 e. The Labute approximate surface area is 115 Å². The van der Waals surface area contributed by atoms with Crippen LogP contribution in [0, 0.1) is 11.3 Å². The van der Waals surface area contributed by atoms with E-state index in [1.807, 2.05) is 24.3 Å². The number of nitrogens with two attached hydrogens (primary N) is 1. The molecule has 0 radical (unpaired) electrons. The molecule has 1 aliphatic heterocycles. The molecular weight excluding hydrogens is 254 g/mol. The molecule has 1 amide bonds. The Kier molecular flexibility index (Phi) is 2.80. The van der Waals surface area contributed by atoms with Gasteiger partial charge in [0.1, 0.15) is 17.5 Å². The fraction of sp³-hybridized carbons (Fsp3) is 0.143. The van der Waals surface area contributed by atoms with Gasteiger partial charge in [-0.2, -0.15) is 5.26 Å². The molecule has 2 aromatic rings. The summed E-state index contributed by atoms with van der Waals surface area (Å²) in [5.41, 5.74) is 8.65. The van der Waals surface area contributed by atoms with E-state index in [0.29, 0.717) is 18.7 Å². The van der Waals surface area contributed by atoms with Crippen molar-refractivity contribution in [3.63, 3.8) is 0 Å². The van der Waals surface area contributed by atoms with Gasteiger partial charge in [-0.05, 0) is 30.2 Å². The summed E-state index contributed by atoms with van der Waals surface area (Å²) in [4.78, 5) is 19.6. The van der Waals surface area contributed by atoms with Crippen molar-refractivity contribution < 1.29 is 4.79 Å². The maximum absolute atomic E-state index is 11.3. The van der Waals surface area contributed by atoms with E-state index in [9.17, 15) is 4.79 Å². The molecule has 98 valence electrons. The van der Waals surface area contributed by atoms with Crippen LogP contribution in [0.2, 0.25) is 0 Å². The predicted molar refractivity (Wildman–Crippen MR) is 73.5 cm³/mol. The Morgan fingerprint density at radius 3 is 2.95 bits per heavy atom. The van der Waals surface area contributed by atoms with E-state index in [1.165, 1.54) is 6.20 Å². The summed E-state index contributed by atoms with van der Waals surface area (Å²) in [6.07, 6.45) is 2.59. The predicted octanol–water partition coefficient (Wildman–Crippen LogP) is 1.48. The zero-order valence-corrected chi connectivity index (χ0v) is 10.6. The first-order chi connectivity index (χ1) is 9.67. The highest BCUT2D eigenvalue weighted by molar-refractivity contribution is 5.94. The Morgan fingerprint density at radius 1 is 1.35 bits per heavy atom. The first-order valence-electron chi connectivity index (χ1n) is 6.13. The van der Waals surface area contributed by atoms with Crippen molar-refractivity contribution in [2.24, 2.45) is 0 Å². The number of rotatable bonds is 1. The first-order valence-corrected chi connectivity index (χ1v) is 6.13. The number of anilines is 2. The van der Waals surface area contributed by atoms with Crippen molar-refractivity contribution in [3.05, 3.63) is 35.5 Å². The van der Waals surface area contributed by atoms with Crippen LogP contribution in [-0.4, -0.2) is 15.9 Å². The molecule has 1 aliphatic rings.